The van der Waals surface area contributed by atoms with Crippen molar-refractivity contribution in [2.45, 2.75) is 61.8 Å². The van der Waals surface area contributed by atoms with E-state index in [-0.39, 0.29) is 35.2 Å². The Labute approximate surface area is 198 Å². The van der Waals surface area contributed by atoms with Gasteiger partial charge in [0, 0.05) is 31.0 Å². The van der Waals surface area contributed by atoms with Gasteiger partial charge in [0.05, 0.1) is 30.6 Å². The predicted molar refractivity (Wildman–Crippen MR) is 124 cm³/mol. The fourth-order valence-electron chi connectivity index (χ4n) is 5.58. The number of nitrogens with zero attached hydrogens (tertiary/aromatic N) is 3. The highest BCUT2D eigenvalue weighted by molar-refractivity contribution is 9.09. The molecule has 3 amide bonds. The number of carbonyl (C=O) groups is 3. The maximum Gasteiger partial charge on any atom is 0.248 e. The lowest BCUT2D eigenvalue weighted by Gasteiger charge is -2.39. The number of fused-ring (bicyclic) bond motifs is 1. The number of ether oxygens (including phenoxy) is 1. The highest BCUT2D eigenvalue weighted by Gasteiger charge is 2.77. The van der Waals surface area contributed by atoms with Crippen molar-refractivity contribution in [3.8, 4) is 0 Å². The molecule has 3 fully saturated rings. The van der Waals surface area contributed by atoms with Crippen LogP contribution in [0.1, 0.15) is 27.2 Å². The zero-order valence-electron chi connectivity index (χ0n) is 19.2. The Morgan fingerprint density at radius 2 is 1.91 bits per heavy atom. The molecule has 0 aliphatic carbocycles. The van der Waals surface area contributed by atoms with E-state index in [4.69, 9.17) is 4.74 Å². The van der Waals surface area contributed by atoms with Gasteiger partial charge in [-0.25, -0.2) is 0 Å². The number of likely N-dealkylation sites (N-methyl/N-ethyl adjacent to an activating group) is 1. The van der Waals surface area contributed by atoms with Crippen molar-refractivity contribution in [3.63, 3.8) is 0 Å². The number of amides is 3. The third-order valence-corrected chi connectivity index (χ3v) is 7.84. The first-order valence-electron chi connectivity index (χ1n) is 11.1. The maximum absolute atomic E-state index is 13.9. The maximum atomic E-state index is 13.9. The fraction of sp³-hybridized carbons (Fsp3) is 0.696. The highest BCUT2D eigenvalue weighted by Crippen LogP contribution is 2.60. The molecule has 178 valence electrons. The molecule has 0 saturated carbocycles. The van der Waals surface area contributed by atoms with Gasteiger partial charge in [0.2, 0.25) is 17.7 Å². The molecule has 0 aromatic rings. The summed E-state index contributed by atoms with van der Waals surface area (Å²) in [5.41, 5.74) is -1.12. The number of hydrogen-bond acceptors (Lipinski definition) is 5. The van der Waals surface area contributed by atoms with E-state index in [9.17, 15) is 19.5 Å². The minimum Gasteiger partial charge on any atom is -0.394 e. The number of hydrogen-bond donors (Lipinski definition) is 1. The van der Waals surface area contributed by atoms with Crippen LogP contribution in [0, 0.1) is 11.8 Å². The van der Waals surface area contributed by atoms with Crippen LogP contribution in [0.3, 0.4) is 0 Å². The molecule has 8 nitrogen and oxygen atoms in total. The van der Waals surface area contributed by atoms with Gasteiger partial charge in [-0.15, -0.1) is 13.2 Å². The quantitative estimate of drug-likeness (QED) is 0.370. The molecule has 0 aromatic carbocycles. The van der Waals surface area contributed by atoms with Crippen LogP contribution in [0.2, 0.25) is 0 Å². The summed E-state index contributed by atoms with van der Waals surface area (Å²) in [7, 11) is 1.67. The van der Waals surface area contributed by atoms with Crippen LogP contribution in [-0.2, 0) is 19.1 Å². The van der Waals surface area contributed by atoms with Crippen LogP contribution >= 0.6 is 15.9 Å². The molecule has 9 heteroatoms. The standard InChI is InChI=1S/C23H34BrN3O5/c1-7-9-25(6)20(29)16-17-21(30)27(14(5)12-28)19(22(31)26(10-8-2)13(3)4)23(17)11-15(24)18(16)32-23/h7-8,13-19,28H,1-2,9-12H2,3-6H3/t14-,15?,16-,17+,18-,19?,23?/m1/s1. The Bertz CT molecular complexity index is 805. The summed E-state index contributed by atoms with van der Waals surface area (Å²) in [6.45, 7) is 13.4. The van der Waals surface area contributed by atoms with Crippen LogP contribution in [0.5, 0.6) is 0 Å². The molecule has 7 atom stereocenters. The Hall–Kier alpha value is -1.71. The number of likely N-dealkylation sites (tertiary alicyclic amines) is 1. The minimum absolute atomic E-state index is 0.119. The van der Waals surface area contributed by atoms with Crippen molar-refractivity contribution in [2.75, 3.05) is 26.7 Å². The molecule has 1 spiro atoms. The molecule has 3 saturated heterocycles. The first-order valence-corrected chi connectivity index (χ1v) is 12.0. The lowest BCUT2D eigenvalue weighted by atomic mass is 9.70. The number of carbonyl (C=O) groups excluding carboxylic acids is 3. The summed E-state index contributed by atoms with van der Waals surface area (Å²) >= 11 is 3.65. The molecule has 3 aliphatic rings. The predicted octanol–water partition coefficient (Wildman–Crippen LogP) is 1.18. The van der Waals surface area contributed by atoms with Crippen LogP contribution in [-0.4, -0.2) is 98.9 Å². The highest BCUT2D eigenvalue weighted by atomic mass is 79.9. The number of alkyl halides is 1. The van der Waals surface area contributed by atoms with Gasteiger partial charge >= 0.3 is 0 Å². The molecule has 3 rings (SSSR count). The lowest BCUT2D eigenvalue weighted by Crippen LogP contribution is -2.59. The molecular weight excluding hydrogens is 478 g/mol. The van der Waals surface area contributed by atoms with Gasteiger partial charge < -0.3 is 24.5 Å². The van der Waals surface area contributed by atoms with E-state index < -0.39 is 35.6 Å². The molecule has 3 unspecified atom stereocenters. The Morgan fingerprint density at radius 3 is 2.44 bits per heavy atom. The monoisotopic (exact) mass is 511 g/mol. The average Bonchev–Trinajstić information content (AvgIpc) is 3.33. The summed E-state index contributed by atoms with van der Waals surface area (Å²) in [5.74, 6) is -2.23. The molecule has 0 radical (unpaired) electrons. The van der Waals surface area contributed by atoms with Crippen LogP contribution < -0.4 is 0 Å². The number of aliphatic hydroxyl groups excluding tert-OH is 1. The summed E-state index contributed by atoms with van der Waals surface area (Å²) in [6, 6.07) is -1.63. The van der Waals surface area contributed by atoms with Crippen molar-refractivity contribution in [2.24, 2.45) is 11.8 Å². The van der Waals surface area contributed by atoms with Crippen molar-refractivity contribution < 1.29 is 24.2 Å². The molecule has 3 heterocycles. The van der Waals surface area contributed by atoms with E-state index in [0.717, 1.165) is 0 Å². The average molecular weight is 512 g/mol. The van der Waals surface area contributed by atoms with Gasteiger partial charge in [-0.3, -0.25) is 14.4 Å². The van der Waals surface area contributed by atoms with E-state index in [1.807, 2.05) is 13.8 Å². The van der Waals surface area contributed by atoms with E-state index in [1.165, 1.54) is 9.80 Å². The van der Waals surface area contributed by atoms with Crippen molar-refractivity contribution in [1.29, 1.82) is 0 Å². The molecule has 32 heavy (non-hydrogen) atoms. The van der Waals surface area contributed by atoms with Crippen molar-refractivity contribution in [3.05, 3.63) is 25.3 Å². The number of rotatable bonds is 9. The second kappa shape index (κ2) is 9.27. The second-order valence-corrected chi connectivity index (χ2v) is 10.5. The SMILES string of the molecule is C=CCN(C)C(=O)[C@H]1[C@@H]2OC3(CC2Br)C(C(=O)N(CC=C)C(C)C)N([C@H](C)CO)C(=O)[C@H]13. The Balaban J connectivity index is 2.11. The minimum atomic E-state index is -1.12. The fourth-order valence-corrected chi connectivity index (χ4v) is 6.52. The van der Waals surface area contributed by atoms with E-state index >= 15 is 0 Å². The van der Waals surface area contributed by atoms with Crippen molar-refractivity contribution in [1.82, 2.24) is 14.7 Å². The van der Waals surface area contributed by atoms with E-state index in [2.05, 4.69) is 29.1 Å². The number of aliphatic hydroxyl groups is 1. The second-order valence-electron chi connectivity index (χ2n) is 9.32. The summed E-state index contributed by atoms with van der Waals surface area (Å²) in [5, 5.41) is 9.91. The third-order valence-electron chi connectivity index (χ3n) is 7.00. The van der Waals surface area contributed by atoms with Crippen LogP contribution in [0.15, 0.2) is 25.3 Å². The van der Waals surface area contributed by atoms with Gasteiger partial charge in [-0.2, -0.15) is 0 Å². The molecule has 2 bridgehead atoms. The normalized spacial score (nSPS) is 33.9. The lowest BCUT2D eigenvalue weighted by molar-refractivity contribution is -0.152. The van der Waals surface area contributed by atoms with Gasteiger partial charge in [0.25, 0.3) is 0 Å². The molecule has 3 aliphatic heterocycles. The van der Waals surface area contributed by atoms with Gasteiger partial charge in [-0.1, -0.05) is 28.1 Å². The topological polar surface area (TPSA) is 90.4 Å². The zero-order chi connectivity index (χ0) is 24.0. The Morgan fingerprint density at radius 1 is 1.28 bits per heavy atom. The number of halogens is 1. The molecular formula is C23H34BrN3O5. The summed E-state index contributed by atoms with van der Waals surface area (Å²) in [4.78, 5) is 45.5. The van der Waals surface area contributed by atoms with Crippen LogP contribution in [0.4, 0.5) is 0 Å². The van der Waals surface area contributed by atoms with E-state index in [0.29, 0.717) is 19.5 Å². The largest absolute Gasteiger partial charge is 0.394 e. The zero-order valence-corrected chi connectivity index (χ0v) is 20.8. The Kier molecular flexibility index (Phi) is 7.22. The summed E-state index contributed by atoms with van der Waals surface area (Å²) in [6.07, 6.45) is 3.22. The first-order chi connectivity index (χ1) is 15.1. The van der Waals surface area contributed by atoms with Gasteiger partial charge in [0.15, 0.2) is 0 Å². The van der Waals surface area contributed by atoms with E-state index in [1.54, 1.807) is 31.0 Å². The molecule has 1 N–H and O–H groups in total. The molecule has 0 aromatic heterocycles. The van der Waals surface area contributed by atoms with Gasteiger partial charge in [0.1, 0.15) is 11.6 Å². The van der Waals surface area contributed by atoms with Gasteiger partial charge in [-0.05, 0) is 27.2 Å². The first kappa shape index (κ1) is 24.9. The summed E-state index contributed by atoms with van der Waals surface area (Å²) < 4.78 is 6.46. The smallest absolute Gasteiger partial charge is 0.248 e. The third kappa shape index (κ3) is 3.62. The van der Waals surface area contributed by atoms with Crippen LogP contribution in [0.25, 0.3) is 0 Å². The van der Waals surface area contributed by atoms with Crippen molar-refractivity contribution >= 4 is 33.7 Å².